The predicted octanol–water partition coefficient (Wildman–Crippen LogP) is 3.44. The Bertz CT molecular complexity index is 750. The lowest BCUT2D eigenvalue weighted by Crippen LogP contribution is -2.31. The lowest BCUT2D eigenvalue weighted by atomic mass is 9.94. The number of nitrogens with two attached hydrogens (primary N) is 1. The van der Waals surface area contributed by atoms with E-state index < -0.39 is 12.0 Å². The van der Waals surface area contributed by atoms with Crippen LogP contribution in [0.4, 0.5) is 5.69 Å². The molecular formula is C20H26ClN3O2. The molecule has 2 aromatic carbocycles. The first-order valence-corrected chi connectivity index (χ1v) is 8.44. The molecule has 0 heterocycles. The molecule has 0 fully saturated rings. The van der Waals surface area contributed by atoms with Crippen molar-refractivity contribution in [2.45, 2.75) is 26.8 Å². The molecule has 2 rings (SSSR count). The molecule has 0 aromatic heterocycles. The second-order valence-electron chi connectivity index (χ2n) is 6.10. The van der Waals surface area contributed by atoms with Gasteiger partial charge in [-0.05, 0) is 37.1 Å². The Hall–Kier alpha value is -2.37. The normalized spacial score (nSPS) is 12.5. The molecule has 0 spiro atoms. The van der Waals surface area contributed by atoms with E-state index in [1.165, 1.54) is 0 Å². The van der Waals surface area contributed by atoms with Gasteiger partial charge < -0.3 is 16.4 Å². The van der Waals surface area contributed by atoms with Gasteiger partial charge in [-0.2, -0.15) is 0 Å². The minimum absolute atomic E-state index is 0. The van der Waals surface area contributed by atoms with Gasteiger partial charge in [-0.3, -0.25) is 9.59 Å². The third-order valence-electron chi connectivity index (χ3n) is 4.23. The van der Waals surface area contributed by atoms with Crippen molar-refractivity contribution in [3.63, 3.8) is 0 Å². The summed E-state index contributed by atoms with van der Waals surface area (Å²) in [5, 5.41) is 5.65. The largest absolute Gasteiger partial charge is 0.352 e. The summed E-state index contributed by atoms with van der Waals surface area (Å²) in [6.45, 7) is 6.10. The topological polar surface area (TPSA) is 84.2 Å². The van der Waals surface area contributed by atoms with Gasteiger partial charge in [-0.15, -0.1) is 12.4 Å². The average molecular weight is 376 g/mol. The van der Waals surface area contributed by atoms with Crippen LogP contribution in [0.2, 0.25) is 0 Å². The molecule has 6 heteroatoms. The first-order valence-electron chi connectivity index (χ1n) is 8.44. The molecule has 2 atom stereocenters. The summed E-state index contributed by atoms with van der Waals surface area (Å²) in [5.41, 5.74) is 9.17. The number of hydrogen-bond donors (Lipinski definition) is 3. The van der Waals surface area contributed by atoms with Gasteiger partial charge in [-0.25, -0.2) is 0 Å². The van der Waals surface area contributed by atoms with E-state index in [0.29, 0.717) is 17.8 Å². The van der Waals surface area contributed by atoms with Crippen molar-refractivity contribution in [2.24, 2.45) is 11.7 Å². The number of benzene rings is 2. The molecule has 4 N–H and O–H groups in total. The maximum atomic E-state index is 12.6. The van der Waals surface area contributed by atoms with Crippen LogP contribution in [-0.4, -0.2) is 18.4 Å². The Morgan fingerprint density at radius 2 is 1.77 bits per heavy atom. The Balaban J connectivity index is 0.00000338. The smallest absolute Gasteiger partial charge is 0.251 e. The van der Waals surface area contributed by atoms with Crippen molar-refractivity contribution in [2.75, 3.05) is 11.9 Å². The second kappa shape index (κ2) is 9.94. The van der Waals surface area contributed by atoms with Gasteiger partial charge >= 0.3 is 0 Å². The molecular weight excluding hydrogens is 350 g/mol. The fourth-order valence-electron chi connectivity index (χ4n) is 2.53. The Morgan fingerprint density at radius 1 is 1.12 bits per heavy atom. The molecule has 5 nitrogen and oxygen atoms in total. The number of carbonyl (C=O) groups is 2. The predicted molar refractivity (Wildman–Crippen MR) is 108 cm³/mol. The number of amides is 2. The molecule has 0 aliphatic carbocycles. The highest BCUT2D eigenvalue weighted by molar-refractivity contribution is 5.98. The van der Waals surface area contributed by atoms with E-state index >= 15 is 0 Å². The number of nitrogens with one attached hydrogen (secondary N) is 2. The van der Waals surface area contributed by atoms with Crippen molar-refractivity contribution >= 4 is 29.9 Å². The number of halogens is 1. The lowest BCUT2D eigenvalue weighted by molar-refractivity contribution is -0.120. The van der Waals surface area contributed by atoms with E-state index in [2.05, 4.69) is 10.6 Å². The van der Waals surface area contributed by atoms with Gasteiger partial charge in [0.1, 0.15) is 0 Å². The highest BCUT2D eigenvalue weighted by Crippen LogP contribution is 2.23. The van der Waals surface area contributed by atoms with Crippen LogP contribution in [-0.2, 0) is 4.79 Å². The van der Waals surface area contributed by atoms with Crippen LogP contribution in [0.5, 0.6) is 0 Å². The molecule has 2 unspecified atom stereocenters. The van der Waals surface area contributed by atoms with Gasteiger partial charge in [0.25, 0.3) is 5.91 Å². The summed E-state index contributed by atoms with van der Waals surface area (Å²) in [4.78, 5) is 24.6. The second-order valence-corrected chi connectivity index (χ2v) is 6.10. The van der Waals surface area contributed by atoms with Crippen molar-refractivity contribution in [3.05, 3.63) is 65.2 Å². The first-order chi connectivity index (χ1) is 11.9. The fraction of sp³-hybridized carbons (Fsp3) is 0.300. The molecule has 0 radical (unpaired) electrons. The van der Waals surface area contributed by atoms with E-state index in [-0.39, 0.29) is 24.2 Å². The zero-order valence-corrected chi connectivity index (χ0v) is 16.1. The van der Waals surface area contributed by atoms with Crippen molar-refractivity contribution in [1.82, 2.24) is 5.32 Å². The van der Waals surface area contributed by atoms with Crippen LogP contribution in [0.3, 0.4) is 0 Å². The number of carbonyl (C=O) groups excluding carboxylic acids is 2. The Morgan fingerprint density at radius 3 is 2.38 bits per heavy atom. The van der Waals surface area contributed by atoms with Crippen molar-refractivity contribution < 1.29 is 9.59 Å². The average Bonchev–Trinajstić information content (AvgIpc) is 2.63. The fourth-order valence-corrected chi connectivity index (χ4v) is 2.53. The number of aryl methyl sites for hydroxylation is 1. The maximum Gasteiger partial charge on any atom is 0.251 e. The third-order valence-corrected chi connectivity index (χ3v) is 4.23. The van der Waals surface area contributed by atoms with Gasteiger partial charge in [0, 0.05) is 23.8 Å². The number of anilines is 1. The summed E-state index contributed by atoms with van der Waals surface area (Å²) in [6, 6.07) is 14.4. The van der Waals surface area contributed by atoms with Crippen molar-refractivity contribution in [1.29, 1.82) is 0 Å². The van der Waals surface area contributed by atoms with Gasteiger partial charge in [-0.1, -0.05) is 43.3 Å². The van der Waals surface area contributed by atoms with Crippen LogP contribution in [0.1, 0.15) is 41.4 Å². The standard InChI is InChI=1S/C20H25N3O2.ClH/c1-4-22-20(25)16-11-10-13(2)17(12-16)23-19(24)14(3)18(21)15-8-6-5-7-9-15;/h5-12,14,18H,4,21H2,1-3H3,(H,22,25)(H,23,24);1H. The summed E-state index contributed by atoms with van der Waals surface area (Å²) in [7, 11) is 0. The number of hydrogen-bond acceptors (Lipinski definition) is 3. The molecule has 26 heavy (non-hydrogen) atoms. The zero-order valence-electron chi connectivity index (χ0n) is 15.3. The van der Waals surface area contributed by atoms with Crippen LogP contribution >= 0.6 is 12.4 Å². The molecule has 0 saturated carbocycles. The van der Waals surface area contributed by atoms with Crippen LogP contribution in [0.25, 0.3) is 0 Å². The van der Waals surface area contributed by atoms with Crippen molar-refractivity contribution in [3.8, 4) is 0 Å². The Kier molecular flexibility index (Phi) is 8.29. The minimum Gasteiger partial charge on any atom is -0.352 e. The molecule has 2 aromatic rings. The number of rotatable bonds is 6. The molecule has 0 bridgehead atoms. The van der Waals surface area contributed by atoms with E-state index in [0.717, 1.165) is 11.1 Å². The summed E-state index contributed by atoms with van der Waals surface area (Å²) in [5.74, 6) is -0.741. The zero-order chi connectivity index (χ0) is 18.4. The lowest BCUT2D eigenvalue weighted by Gasteiger charge is -2.20. The quantitative estimate of drug-likeness (QED) is 0.723. The SMILES string of the molecule is CCNC(=O)c1ccc(C)c(NC(=O)C(C)C(N)c2ccccc2)c1.Cl. The highest BCUT2D eigenvalue weighted by Gasteiger charge is 2.22. The van der Waals surface area contributed by atoms with Gasteiger partial charge in [0.15, 0.2) is 0 Å². The molecule has 0 saturated heterocycles. The third kappa shape index (κ3) is 5.31. The monoisotopic (exact) mass is 375 g/mol. The molecule has 140 valence electrons. The van der Waals surface area contributed by atoms with E-state index in [4.69, 9.17) is 5.73 Å². The summed E-state index contributed by atoms with van der Waals surface area (Å²) >= 11 is 0. The summed E-state index contributed by atoms with van der Waals surface area (Å²) < 4.78 is 0. The highest BCUT2D eigenvalue weighted by atomic mass is 35.5. The molecule has 0 aliphatic heterocycles. The minimum atomic E-state index is -0.407. The summed E-state index contributed by atoms with van der Waals surface area (Å²) in [6.07, 6.45) is 0. The molecule has 0 aliphatic rings. The Labute approximate surface area is 160 Å². The van der Waals surface area contributed by atoms with E-state index in [1.54, 1.807) is 19.1 Å². The van der Waals surface area contributed by atoms with Crippen LogP contribution in [0, 0.1) is 12.8 Å². The van der Waals surface area contributed by atoms with Gasteiger partial charge in [0.05, 0.1) is 5.92 Å². The van der Waals surface area contributed by atoms with Crippen LogP contribution < -0.4 is 16.4 Å². The van der Waals surface area contributed by atoms with E-state index in [9.17, 15) is 9.59 Å². The van der Waals surface area contributed by atoms with Crippen LogP contribution in [0.15, 0.2) is 48.5 Å². The van der Waals surface area contributed by atoms with E-state index in [1.807, 2.05) is 50.2 Å². The molecule has 2 amide bonds. The van der Waals surface area contributed by atoms with Gasteiger partial charge in [0.2, 0.25) is 5.91 Å². The maximum absolute atomic E-state index is 12.6. The first kappa shape index (κ1) is 21.7.